The third kappa shape index (κ3) is 7.91. The van der Waals surface area contributed by atoms with E-state index in [2.05, 4.69) is 5.32 Å². The van der Waals surface area contributed by atoms with Crippen LogP contribution in [0.25, 0.3) is 0 Å². The fourth-order valence-electron chi connectivity index (χ4n) is 2.92. The van der Waals surface area contributed by atoms with Crippen LogP contribution in [0, 0.1) is 13.8 Å². The Balaban J connectivity index is 0.00000392. The van der Waals surface area contributed by atoms with Crippen molar-refractivity contribution in [2.75, 3.05) is 13.2 Å². The van der Waals surface area contributed by atoms with E-state index in [1.165, 1.54) is 0 Å². The van der Waals surface area contributed by atoms with E-state index in [4.69, 9.17) is 9.84 Å². The summed E-state index contributed by atoms with van der Waals surface area (Å²) >= 11 is 0. The van der Waals surface area contributed by atoms with Gasteiger partial charge >= 0.3 is 5.97 Å². The van der Waals surface area contributed by atoms with Gasteiger partial charge in [-0.3, -0.25) is 0 Å². The van der Waals surface area contributed by atoms with Gasteiger partial charge in [-0.05, 0) is 74.2 Å². The van der Waals surface area contributed by atoms with Gasteiger partial charge in [-0.1, -0.05) is 18.2 Å². The highest BCUT2D eigenvalue weighted by atomic mass is 35.5. The number of carboxylic acid groups (broad SMARTS) is 1. The van der Waals surface area contributed by atoms with E-state index in [0.717, 1.165) is 28.7 Å². The van der Waals surface area contributed by atoms with E-state index in [0.29, 0.717) is 12.3 Å². The fraction of sp³-hybridized carbons (Fsp3) is 0.381. The monoisotopic (exact) mass is 427 g/mol. The highest BCUT2D eigenvalue weighted by Crippen LogP contribution is 2.24. The van der Waals surface area contributed by atoms with E-state index in [-0.39, 0.29) is 36.3 Å². The number of hydrogen-bond donors (Lipinski definition) is 4. The molecule has 0 aliphatic heterocycles. The molecule has 0 saturated heterocycles. The molecule has 162 valence electrons. The molecule has 7 nitrogen and oxygen atoms in total. The average Bonchev–Trinajstić information content (AvgIpc) is 2.62. The summed E-state index contributed by atoms with van der Waals surface area (Å²) in [6, 6.07) is 10.3. The van der Waals surface area contributed by atoms with E-state index in [9.17, 15) is 15.0 Å². The van der Waals surface area contributed by atoms with Gasteiger partial charge in [-0.15, -0.1) is 12.4 Å². The highest BCUT2D eigenvalue weighted by Gasteiger charge is 2.16. The lowest BCUT2D eigenvalue weighted by molar-refractivity contribution is -0.139. The third-order valence-electron chi connectivity index (χ3n) is 4.55. The van der Waals surface area contributed by atoms with Crippen molar-refractivity contribution in [3.05, 3.63) is 58.7 Å². The lowest BCUT2D eigenvalue weighted by Crippen LogP contribution is -2.33. The van der Waals surface area contributed by atoms with Gasteiger partial charge < -0.3 is 30.8 Å². The number of aliphatic hydroxyl groups is 1. The van der Waals surface area contributed by atoms with Crippen molar-refractivity contribution in [3.8, 4) is 11.5 Å². The number of rotatable bonds is 9. The first kappa shape index (κ1) is 26.7. The Hall–Kier alpha value is -2.32. The molecule has 0 fully saturated rings. The molecule has 8 heteroatoms. The minimum Gasteiger partial charge on any atom is -0.508 e. The molecule has 0 unspecified atom stereocenters. The zero-order valence-corrected chi connectivity index (χ0v) is 17.6. The number of hydrogen-bond acceptors (Lipinski definition) is 5. The smallest absolute Gasteiger partial charge is 0.341 e. The minimum atomic E-state index is -0.999. The first-order chi connectivity index (χ1) is 12.8. The summed E-state index contributed by atoms with van der Waals surface area (Å²) in [5.74, 6) is -0.238. The molecule has 0 radical (unpaired) electrons. The van der Waals surface area contributed by atoms with Gasteiger partial charge in [-0.25, -0.2) is 4.79 Å². The Labute approximate surface area is 177 Å². The first-order valence-electron chi connectivity index (χ1n) is 8.93. The van der Waals surface area contributed by atoms with E-state index in [1.807, 2.05) is 32.9 Å². The predicted molar refractivity (Wildman–Crippen MR) is 114 cm³/mol. The maximum atomic E-state index is 10.6. The van der Waals surface area contributed by atoms with Gasteiger partial charge in [-0.2, -0.15) is 0 Å². The van der Waals surface area contributed by atoms with Crippen molar-refractivity contribution >= 4 is 18.4 Å². The van der Waals surface area contributed by atoms with Crippen LogP contribution in [0.5, 0.6) is 11.5 Å². The number of benzene rings is 2. The number of aromatic hydroxyl groups is 1. The second kappa shape index (κ2) is 12.3. The quantitative estimate of drug-likeness (QED) is 0.485. The second-order valence-electron chi connectivity index (χ2n) is 6.76. The third-order valence-corrected chi connectivity index (χ3v) is 4.55. The summed E-state index contributed by atoms with van der Waals surface area (Å²) in [6.07, 6.45) is 0.110. The number of aliphatic carboxylic acids is 1. The number of phenols is 1. The van der Waals surface area contributed by atoms with Crippen LogP contribution < -0.4 is 10.1 Å². The number of carboxylic acids is 1. The maximum absolute atomic E-state index is 10.6. The number of phenolic OH excluding ortho intramolecular Hbond substituents is 1. The molecular weight excluding hydrogens is 398 g/mol. The zero-order valence-electron chi connectivity index (χ0n) is 16.8. The Kier molecular flexibility index (Phi) is 11.3. The van der Waals surface area contributed by atoms with Gasteiger partial charge in [0.2, 0.25) is 0 Å². The summed E-state index contributed by atoms with van der Waals surface area (Å²) < 4.78 is 5.30. The van der Waals surface area contributed by atoms with Crippen molar-refractivity contribution in [3.63, 3.8) is 0 Å². The molecule has 0 bridgehead atoms. The molecule has 0 heterocycles. The normalized spacial score (nSPS) is 12.3. The van der Waals surface area contributed by atoms with Crippen LogP contribution in [0.15, 0.2) is 36.4 Å². The molecule has 0 amide bonds. The number of carbonyl (C=O) groups is 1. The largest absolute Gasteiger partial charge is 0.508 e. The van der Waals surface area contributed by atoms with Crippen LogP contribution >= 0.6 is 12.4 Å². The lowest BCUT2D eigenvalue weighted by Gasteiger charge is -2.21. The van der Waals surface area contributed by atoms with E-state index in [1.54, 1.807) is 24.3 Å². The summed E-state index contributed by atoms with van der Waals surface area (Å²) in [6.45, 7) is 6.11. The zero-order chi connectivity index (χ0) is 20.0. The molecular formula is C21H30ClNO6. The van der Waals surface area contributed by atoms with Crippen LogP contribution in [0.1, 0.15) is 35.3 Å². The SMILES string of the molecule is Cc1cc(OCC(=O)O)c(C)cc1CCN[C@@H](C)[C@H](O)c1ccc(O)cc1.Cl.O. The van der Waals surface area contributed by atoms with Crippen molar-refractivity contribution < 1.29 is 30.3 Å². The van der Waals surface area contributed by atoms with Crippen LogP contribution in [0.2, 0.25) is 0 Å². The molecule has 2 atom stereocenters. The van der Waals surface area contributed by atoms with Crippen molar-refractivity contribution in [2.45, 2.75) is 39.3 Å². The Bertz CT molecular complexity index is 781. The topological polar surface area (TPSA) is 131 Å². The Morgan fingerprint density at radius 3 is 2.34 bits per heavy atom. The molecule has 0 saturated carbocycles. The summed E-state index contributed by atoms with van der Waals surface area (Å²) in [5.41, 5.74) is 3.83. The van der Waals surface area contributed by atoms with E-state index < -0.39 is 12.1 Å². The maximum Gasteiger partial charge on any atom is 0.341 e. The number of halogens is 1. The highest BCUT2D eigenvalue weighted by molar-refractivity contribution is 5.85. The molecule has 2 rings (SSSR count). The number of aryl methyl sites for hydroxylation is 2. The number of ether oxygens (including phenoxy) is 1. The predicted octanol–water partition coefficient (Wildman–Crippen LogP) is 2.32. The molecule has 0 aliphatic rings. The van der Waals surface area contributed by atoms with E-state index >= 15 is 0 Å². The molecule has 29 heavy (non-hydrogen) atoms. The van der Waals surface area contributed by atoms with Gasteiger partial charge in [0.15, 0.2) is 6.61 Å². The Morgan fingerprint density at radius 1 is 1.14 bits per heavy atom. The fourth-order valence-corrected chi connectivity index (χ4v) is 2.92. The van der Waals surface area contributed by atoms with Crippen LogP contribution in [0.4, 0.5) is 0 Å². The van der Waals surface area contributed by atoms with Crippen LogP contribution in [0.3, 0.4) is 0 Å². The minimum absolute atomic E-state index is 0. The van der Waals surface area contributed by atoms with Crippen LogP contribution in [-0.4, -0.2) is 46.0 Å². The summed E-state index contributed by atoms with van der Waals surface area (Å²) in [5, 5.41) is 31.8. The molecule has 0 spiro atoms. The van der Waals surface area contributed by atoms with Gasteiger partial charge in [0, 0.05) is 6.04 Å². The molecule has 2 aromatic carbocycles. The van der Waals surface area contributed by atoms with Crippen LogP contribution in [-0.2, 0) is 11.2 Å². The van der Waals surface area contributed by atoms with Crippen molar-refractivity contribution in [1.29, 1.82) is 0 Å². The lowest BCUT2D eigenvalue weighted by atomic mass is 10.0. The Morgan fingerprint density at radius 2 is 1.76 bits per heavy atom. The standard InChI is InChI=1S/C21H27NO5.ClH.H2O/c1-13-11-19(27-12-20(24)25)14(2)10-17(13)8-9-22-15(3)21(26)16-4-6-18(23)7-5-16;;/h4-7,10-11,15,21-23,26H,8-9,12H2,1-3H3,(H,24,25);1H;1H2/t15-,21-;;/m0../s1. The van der Waals surface area contributed by atoms with Gasteiger partial charge in [0.1, 0.15) is 11.5 Å². The first-order valence-corrected chi connectivity index (χ1v) is 8.93. The molecule has 0 aromatic heterocycles. The molecule has 0 aliphatic carbocycles. The van der Waals surface area contributed by atoms with Gasteiger partial charge in [0.25, 0.3) is 0 Å². The summed E-state index contributed by atoms with van der Waals surface area (Å²) in [7, 11) is 0. The van der Waals surface area contributed by atoms with Crippen molar-refractivity contribution in [1.82, 2.24) is 5.32 Å². The van der Waals surface area contributed by atoms with Gasteiger partial charge in [0.05, 0.1) is 6.10 Å². The van der Waals surface area contributed by atoms with Crippen molar-refractivity contribution in [2.24, 2.45) is 0 Å². The number of nitrogens with one attached hydrogen (secondary N) is 1. The molecule has 6 N–H and O–H groups in total. The average molecular weight is 428 g/mol. The second-order valence-corrected chi connectivity index (χ2v) is 6.76. The summed E-state index contributed by atoms with van der Waals surface area (Å²) in [4.78, 5) is 10.6. The molecule has 2 aromatic rings. The number of aliphatic hydroxyl groups excluding tert-OH is 1.